The predicted molar refractivity (Wildman–Crippen MR) is 131 cm³/mol. The molecule has 4 rings (SSSR count). The first-order valence-corrected chi connectivity index (χ1v) is 10.7. The van der Waals surface area contributed by atoms with E-state index >= 15 is 0 Å². The number of hydrogen-bond donors (Lipinski definition) is 1. The molecule has 0 aliphatic rings. The number of rotatable bonds is 6. The zero-order valence-electron chi connectivity index (χ0n) is 19.4. The van der Waals surface area contributed by atoms with Crippen LogP contribution in [0, 0.1) is 13.8 Å². The molecule has 1 amide bonds. The molecule has 0 atom stereocenters. The van der Waals surface area contributed by atoms with E-state index in [2.05, 4.69) is 5.32 Å². The molecule has 8 heteroatoms. The van der Waals surface area contributed by atoms with Gasteiger partial charge in [0, 0.05) is 6.07 Å². The Morgan fingerprint density at radius 1 is 0.912 bits per heavy atom. The summed E-state index contributed by atoms with van der Waals surface area (Å²) in [5.74, 6) is 0.540. The summed E-state index contributed by atoms with van der Waals surface area (Å²) in [5.41, 5.74) is 2.06. The monoisotopic (exact) mass is 459 g/mol. The first-order chi connectivity index (χ1) is 16.3. The zero-order valence-corrected chi connectivity index (χ0v) is 19.4. The number of anilines is 1. The van der Waals surface area contributed by atoms with Crippen molar-refractivity contribution in [1.29, 1.82) is 0 Å². The number of methoxy groups -OCH3 is 2. The lowest BCUT2D eigenvalue weighted by Gasteiger charge is -2.16. The van der Waals surface area contributed by atoms with Crippen LogP contribution in [0.3, 0.4) is 0 Å². The summed E-state index contributed by atoms with van der Waals surface area (Å²) in [6.45, 7) is 3.50. The van der Waals surface area contributed by atoms with Crippen molar-refractivity contribution in [2.75, 3.05) is 19.5 Å². The predicted octanol–water partition coefficient (Wildman–Crippen LogP) is 3.43. The smallest absolute Gasteiger partial charge is 0.336 e. The number of aromatic nitrogens is 2. The summed E-state index contributed by atoms with van der Waals surface area (Å²) in [7, 11) is 3.02. The standard InChI is InChI=1S/C26H25N3O5/c1-16-11-17(2)13-18(12-16)29-25(31)20-7-5-6-8-22(20)28(26(29)32)15-24(30)27-21-14-19(33-3)9-10-23(21)34-4/h5-14H,15H2,1-4H3,(H,27,30). The number of amides is 1. The molecule has 0 spiro atoms. The van der Waals surface area contributed by atoms with Crippen LogP contribution in [0.15, 0.2) is 70.3 Å². The van der Waals surface area contributed by atoms with Crippen molar-refractivity contribution >= 4 is 22.5 Å². The lowest BCUT2D eigenvalue weighted by molar-refractivity contribution is -0.116. The first kappa shape index (κ1) is 22.8. The minimum atomic E-state index is -0.596. The van der Waals surface area contributed by atoms with Crippen LogP contribution in [0.2, 0.25) is 0 Å². The molecule has 1 N–H and O–H groups in total. The van der Waals surface area contributed by atoms with E-state index in [1.54, 1.807) is 54.6 Å². The average Bonchev–Trinajstić information content (AvgIpc) is 2.81. The van der Waals surface area contributed by atoms with Crippen molar-refractivity contribution in [2.24, 2.45) is 0 Å². The van der Waals surface area contributed by atoms with Gasteiger partial charge in [0.2, 0.25) is 5.91 Å². The molecule has 0 radical (unpaired) electrons. The topological polar surface area (TPSA) is 91.6 Å². The summed E-state index contributed by atoms with van der Waals surface area (Å²) in [5, 5.41) is 3.12. The lowest BCUT2D eigenvalue weighted by Crippen LogP contribution is -2.40. The van der Waals surface area contributed by atoms with Crippen molar-refractivity contribution in [3.05, 3.63) is 92.6 Å². The maximum Gasteiger partial charge on any atom is 0.336 e. The average molecular weight is 460 g/mol. The van der Waals surface area contributed by atoms with E-state index in [9.17, 15) is 14.4 Å². The van der Waals surface area contributed by atoms with Crippen LogP contribution in [0.25, 0.3) is 16.6 Å². The van der Waals surface area contributed by atoms with Gasteiger partial charge in [-0.3, -0.25) is 14.2 Å². The van der Waals surface area contributed by atoms with E-state index in [-0.39, 0.29) is 6.54 Å². The third kappa shape index (κ3) is 4.30. The molecule has 1 aromatic heterocycles. The number of nitrogens with zero attached hydrogens (tertiary/aromatic N) is 2. The molecule has 0 fully saturated rings. The Balaban J connectivity index is 1.83. The highest BCUT2D eigenvalue weighted by Crippen LogP contribution is 2.29. The van der Waals surface area contributed by atoms with Crippen molar-refractivity contribution < 1.29 is 14.3 Å². The quantitative estimate of drug-likeness (QED) is 0.477. The van der Waals surface area contributed by atoms with Crippen LogP contribution in [0.1, 0.15) is 11.1 Å². The molecule has 174 valence electrons. The van der Waals surface area contributed by atoms with Crippen LogP contribution < -0.4 is 26.0 Å². The number of hydrogen-bond acceptors (Lipinski definition) is 5. The maximum atomic E-state index is 13.5. The molecule has 1 heterocycles. The Bertz CT molecular complexity index is 1500. The number of nitrogens with one attached hydrogen (secondary N) is 1. The van der Waals surface area contributed by atoms with Crippen molar-refractivity contribution in [1.82, 2.24) is 9.13 Å². The number of benzene rings is 3. The van der Waals surface area contributed by atoms with E-state index in [4.69, 9.17) is 9.47 Å². The van der Waals surface area contributed by atoms with Gasteiger partial charge in [-0.2, -0.15) is 0 Å². The Hall–Kier alpha value is -4.33. The Labute approximate surface area is 196 Å². The van der Waals surface area contributed by atoms with Gasteiger partial charge in [0.05, 0.1) is 36.5 Å². The van der Waals surface area contributed by atoms with Crippen molar-refractivity contribution in [3.63, 3.8) is 0 Å². The summed E-state index contributed by atoms with van der Waals surface area (Å²) >= 11 is 0. The van der Waals surface area contributed by atoms with Gasteiger partial charge in [0.15, 0.2) is 0 Å². The molecular formula is C26H25N3O5. The van der Waals surface area contributed by atoms with E-state index < -0.39 is 17.2 Å². The van der Waals surface area contributed by atoms with Gasteiger partial charge in [-0.25, -0.2) is 9.36 Å². The van der Waals surface area contributed by atoms with Gasteiger partial charge < -0.3 is 14.8 Å². The molecule has 0 aliphatic carbocycles. The summed E-state index contributed by atoms with van der Waals surface area (Å²) < 4.78 is 13.0. The van der Waals surface area contributed by atoms with Gasteiger partial charge in [-0.15, -0.1) is 0 Å². The van der Waals surface area contributed by atoms with Gasteiger partial charge in [0.1, 0.15) is 18.0 Å². The highest BCUT2D eigenvalue weighted by molar-refractivity contribution is 5.93. The van der Waals surface area contributed by atoms with E-state index in [0.717, 1.165) is 15.7 Å². The molecule has 4 aromatic rings. The molecule has 0 aliphatic heterocycles. The minimum absolute atomic E-state index is 0.301. The fourth-order valence-corrected chi connectivity index (χ4v) is 4.03. The molecule has 3 aromatic carbocycles. The van der Waals surface area contributed by atoms with Gasteiger partial charge in [-0.1, -0.05) is 18.2 Å². The number of aryl methyl sites for hydroxylation is 2. The largest absolute Gasteiger partial charge is 0.497 e. The van der Waals surface area contributed by atoms with Crippen molar-refractivity contribution in [2.45, 2.75) is 20.4 Å². The van der Waals surface area contributed by atoms with E-state index in [1.807, 2.05) is 19.9 Å². The number of carbonyl (C=O) groups excluding carboxylic acids is 1. The van der Waals surface area contributed by atoms with Gasteiger partial charge in [0.25, 0.3) is 5.56 Å². The van der Waals surface area contributed by atoms with Crippen LogP contribution in [0.4, 0.5) is 5.69 Å². The van der Waals surface area contributed by atoms with Crippen LogP contribution in [0.5, 0.6) is 11.5 Å². The molecular weight excluding hydrogens is 434 g/mol. The number of carbonyl (C=O) groups is 1. The summed E-state index contributed by atoms with van der Waals surface area (Å²) in [6, 6.07) is 17.3. The number of para-hydroxylation sites is 1. The second-order valence-electron chi connectivity index (χ2n) is 7.99. The van der Waals surface area contributed by atoms with Crippen LogP contribution in [-0.4, -0.2) is 29.3 Å². The Morgan fingerprint density at radius 2 is 1.62 bits per heavy atom. The normalized spacial score (nSPS) is 10.8. The van der Waals surface area contributed by atoms with Gasteiger partial charge >= 0.3 is 5.69 Å². The fraction of sp³-hybridized carbons (Fsp3) is 0.192. The Morgan fingerprint density at radius 3 is 2.29 bits per heavy atom. The lowest BCUT2D eigenvalue weighted by atomic mass is 10.1. The number of ether oxygens (including phenoxy) is 2. The third-order valence-corrected chi connectivity index (χ3v) is 5.50. The Kier molecular flexibility index (Phi) is 6.23. The van der Waals surface area contributed by atoms with Crippen LogP contribution in [-0.2, 0) is 11.3 Å². The van der Waals surface area contributed by atoms with E-state index in [0.29, 0.717) is 33.8 Å². The van der Waals surface area contributed by atoms with Crippen LogP contribution >= 0.6 is 0 Å². The first-order valence-electron chi connectivity index (χ1n) is 10.7. The third-order valence-electron chi connectivity index (χ3n) is 5.50. The van der Waals surface area contributed by atoms with E-state index in [1.165, 1.54) is 18.8 Å². The highest BCUT2D eigenvalue weighted by atomic mass is 16.5. The molecule has 0 saturated heterocycles. The maximum absolute atomic E-state index is 13.5. The fourth-order valence-electron chi connectivity index (χ4n) is 4.03. The SMILES string of the molecule is COc1ccc(OC)c(NC(=O)Cn2c(=O)n(-c3cc(C)cc(C)c3)c(=O)c3ccccc32)c1. The second-order valence-corrected chi connectivity index (χ2v) is 7.99. The highest BCUT2D eigenvalue weighted by Gasteiger charge is 2.18. The van der Waals surface area contributed by atoms with Gasteiger partial charge in [-0.05, 0) is 61.4 Å². The molecule has 0 saturated carbocycles. The number of fused-ring (bicyclic) bond motifs is 1. The molecule has 8 nitrogen and oxygen atoms in total. The second kappa shape index (κ2) is 9.27. The van der Waals surface area contributed by atoms with Crippen molar-refractivity contribution in [3.8, 4) is 17.2 Å². The summed E-state index contributed by atoms with van der Waals surface area (Å²) in [4.78, 5) is 39.8. The molecule has 0 unspecified atom stereocenters. The molecule has 0 bridgehead atoms. The zero-order chi connectivity index (χ0) is 24.4. The summed E-state index contributed by atoms with van der Waals surface area (Å²) in [6.07, 6.45) is 0. The minimum Gasteiger partial charge on any atom is -0.497 e. The molecule has 34 heavy (non-hydrogen) atoms.